The van der Waals surface area contributed by atoms with Crippen molar-refractivity contribution in [1.82, 2.24) is 5.32 Å². The Morgan fingerprint density at radius 2 is 1.46 bits per heavy atom. The normalized spacial score (nSPS) is 11.7. The van der Waals surface area contributed by atoms with Gasteiger partial charge in [-0.2, -0.15) is 0 Å². The molecule has 1 heterocycles. The molecule has 28 heavy (non-hydrogen) atoms. The van der Waals surface area contributed by atoms with Crippen LogP contribution in [-0.2, 0) is 0 Å². The molecule has 0 unspecified atom stereocenters. The summed E-state index contributed by atoms with van der Waals surface area (Å²) in [4.78, 5) is 14.6. The molecule has 6 heteroatoms. The minimum Gasteiger partial charge on any atom is -0.493 e. The molecule has 2 amide bonds. The van der Waals surface area contributed by atoms with Crippen LogP contribution in [0.2, 0.25) is 0 Å². The van der Waals surface area contributed by atoms with Crippen molar-refractivity contribution in [3.63, 3.8) is 0 Å². The Morgan fingerprint density at radius 1 is 0.893 bits per heavy atom. The van der Waals surface area contributed by atoms with Gasteiger partial charge in [-0.1, -0.05) is 36.4 Å². The van der Waals surface area contributed by atoms with Crippen molar-refractivity contribution in [3.05, 3.63) is 72.8 Å². The van der Waals surface area contributed by atoms with Gasteiger partial charge in [0.1, 0.15) is 6.61 Å². The van der Waals surface area contributed by atoms with Gasteiger partial charge in [-0.3, -0.25) is 4.90 Å². The first-order chi connectivity index (χ1) is 13.8. The van der Waals surface area contributed by atoms with Gasteiger partial charge in [0.15, 0.2) is 23.0 Å². The number of amides is 2. The number of nitrogens with one attached hydrogen (secondary N) is 1. The molecular weight excluding hydrogens is 356 g/mol. The number of methoxy groups -OCH3 is 1. The summed E-state index contributed by atoms with van der Waals surface area (Å²) in [6.07, 6.45) is 0. The second kappa shape index (κ2) is 7.92. The Bertz CT molecular complexity index is 944. The summed E-state index contributed by atoms with van der Waals surface area (Å²) in [6.45, 7) is 0.665. The SMILES string of the molecule is COc1ccccc1OCCNC(=O)N1c2ccccc2Oc2ccccc21. The Kier molecular flexibility index (Phi) is 5.01. The molecule has 0 spiro atoms. The topological polar surface area (TPSA) is 60.0 Å². The van der Waals surface area contributed by atoms with Crippen LogP contribution in [0.5, 0.6) is 23.0 Å². The highest BCUT2D eigenvalue weighted by molar-refractivity contribution is 6.03. The molecular formula is C22H20N2O4. The van der Waals surface area contributed by atoms with E-state index in [1.165, 1.54) is 0 Å². The molecule has 6 nitrogen and oxygen atoms in total. The zero-order valence-corrected chi connectivity index (χ0v) is 15.4. The molecule has 3 aromatic rings. The third-order valence-electron chi connectivity index (χ3n) is 4.34. The fraction of sp³-hybridized carbons (Fsp3) is 0.136. The van der Waals surface area contributed by atoms with Gasteiger partial charge in [-0.25, -0.2) is 4.79 Å². The van der Waals surface area contributed by atoms with Crippen molar-refractivity contribution >= 4 is 17.4 Å². The van der Waals surface area contributed by atoms with E-state index >= 15 is 0 Å². The van der Waals surface area contributed by atoms with Gasteiger partial charge in [-0.15, -0.1) is 0 Å². The molecule has 4 rings (SSSR count). The Balaban J connectivity index is 1.45. The third-order valence-corrected chi connectivity index (χ3v) is 4.34. The predicted octanol–water partition coefficient (Wildman–Crippen LogP) is 4.73. The lowest BCUT2D eigenvalue weighted by Gasteiger charge is -2.31. The zero-order chi connectivity index (χ0) is 19.3. The highest BCUT2D eigenvalue weighted by Crippen LogP contribution is 2.46. The first kappa shape index (κ1) is 17.7. The Hall–Kier alpha value is -3.67. The van der Waals surface area contributed by atoms with Crippen molar-refractivity contribution in [1.29, 1.82) is 0 Å². The van der Waals surface area contributed by atoms with Crippen molar-refractivity contribution in [2.75, 3.05) is 25.2 Å². The van der Waals surface area contributed by atoms with Crippen LogP contribution in [0.4, 0.5) is 16.2 Å². The number of ether oxygens (including phenoxy) is 3. The number of anilines is 2. The summed E-state index contributed by atoms with van der Waals surface area (Å²) in [5, 5.41) is 2.91. The van der Waals surface area contributed by atoms with Gasteiger partial charge in [0, 0.05) is 0 Å². The lowest BCUT2D eigenvalue weighted by atomic mass is 10.2. The van der Waals surface area contributed by atoms with E-state index in [0.29, 0.717) is 47.5 Å². The molecule has 142 valence electrons. The number of fused-ring (bicyclic) bond motifs is 2. The molecule has 0 bridgehead atoms. The van der Waals surface area contributed by atoms with E-state index in [-0.39, 0.29) is 6.03 Å². The number of nitrogens with zero attached hydrogens (tertiary/aromatic N) is 1. The van der Waals surface area contributed by atoms with Crippen LogP contribution in [0.1, 0.15) is 0 Å². The van der Waals surface area contributed by atoms with E-state index in [9.17, 15) is 4.79 Å². The van der Waals surface area contributed by atoms with Crippen LogP contribution < -0.4 is 24.4 Å². The average molecular weight is 376 g/mol. The van der Waals surface area contributed by atoms with E-state index in [1.54, 1.807) is 12.0 Å². The molecule has 0 radical (unpaired) electrons. The molecule has 3 aromatic carbocycles. The van der Waals surface area contributed by atoms with Gasteiger partial charge >= 0.3 is 6.03 Å². The Labute approximate surface area is 163 Å². The van der Waals surface area contributed by atoms with Crippen molar-refractivity contribution in [3.8, 4) is 23.0 Å². The number of carbonyl (C=O) groups is 1. The second-order valence-corrected chi connectivity index (χ2v) is 6.10. The van der Waals surface area contributed by atoms with E-state index in [1.807, 2.05) is 72.8 Å². The highest BCUT2D eigenvalue weighted by Gasteiger charge is 2.28. The maximum absolute atomic E-state index is 12.9. The number of benzene rings is 3. The Morgan fingerprint density at radius 3 is 2.11 bits per heavy atom. The zero-order valence-electron chi connectivity index (χ0n) is 15.4. The summed E-state index contributed by atoms with van der Waals surface area (Å²) < 4.78 is 16.9. The van der Waals surface area contributed by atoms with E-state index < -0.39 is 0 Å². The number of rotatable bonds is 5. The summed E-state index contributed by atoms with van der Waals surface area (Å²) in [7, 11) is 1.59. The van der Waals surface area contributed by atoms with Gasteiger partial charge in [0.05, 0.1) is 25.0 Å². The highest BCUT2D eigenvalue weighted by atomic mass is 16.5. The van der Waals surface area contributed by atoms with Crippen LogP contribution in [0.3, 0.4) is 0 Å². The van der Waals surface area contributed by atoms with E-state index in [2.05, 4.69) is 5.32 Å². The summed E-state index contributed by atoms with van der Waals surface area (Å²) in [5.41, 5.74) is 1.40. The fourth-order valence-corrected chi connectivity index (χ4v) is 3.06. The number of urea groups is 1. The maximum Gasteiger partial charge on any atom is 0.326 e. The molecule has 1 aliphatic heterocycles. The van der Waals surface area contributed by atoms with Gasteiger partial charge in [-0.05, 0) is 36.4 Å². The minimum absolute atomic E-state index is 0.244. The smallest absolute Gasteiger partial charge is 0.326 e. The standard InChI is InChI=1S/C22H20N2O4/c1-26-20-12-6-7-13-21(20)27-15-14-23-22(25)24-16-8-2-4-10-18(16)28-19-11-5-3-9-17(19)24/h2-13H,14-15H2,1H3,(H,23,25). The van der Waals surface area contributed by atoms with Crippen LogP contribution in [0.15, 0.2) is 72.8 Å². The largest absolute Gasteiger partial charge is 0.493 e. The van der Waals surface area contributed by atoms with Crippen LogP contribution in [0, 0.1) is 0 Å². The van der Waals surface area contributed by atoms with Gasteiger partial charge in [0.25, 0.3) is 0 Å². The third kappa shape index (κ3) is 3.44. The van der Waals surface area contributed by atoms with Crippen molar-refractivity contribution < 1.29 is 19.0 Å². The van der Waals surface area contributed by atoms with Crippen molar-refractivity contribution in [2.45, 2.75) is 0 Å². The molecule has 0 saturated heterocycles. The first-order valence-electron chi connectivity index (χ1n) is 8.97. The number of hydrogen-bond acceptors (Lipinski definition) is 4. The molecule has 1 aliphatic rings. The maximum atomic E-state index is 12.9. The number of hydrogen-bond donors (Lipinski definition) is 1. The molecule has 0 aliphatic carbocycles. The predicted molar refractivity (Wildman–Crippen MR) is 107 cm³/mol. The van der Waals surface area contributed by atoms with Crippen LogP contribution in [-0.4, -0.2) is 26.3 Å². The van der Waals surface area contributed by atoms with Crippen LogP contribution in [0.25, 0.3) is 0 Å². The monoisotopic (exact) mass is 376 g/mol. The van der Waals surface area contributed by atoms with E-state index in [0.717, 1.165) is 0 Å². The summed E-state index contributed by atoms with van der Waals surface area (Å²) in [5.74, 6) is 2.58. The molecule has 0 fully saturated rings. The molecule has 0 aromatic heterocycles. The van der Waals surface area contributed by atoms with Crippen LogP contribution >= 0.6 is 0 Å². The number of carbonyl (C=O) groups excluding carboxylic acids is 1. The molecule has 1 N–H and O–H groups in total. The van der Waals surface area contributed by atoms with Gasteiger partial charge < -0.3 is 19.5 Å². The second-order valence-electron chi connectivity index (χ2n) is 6.10. The van der Waals surface area contributed by atoms with Crippen molar-refractivity contribution in [2.24, 2.45) is 0 Å². The van der Waals surface area contributed by atoms with E-state index in [4.69, 9.17) is 14.2 Å². The molecule has 0 atom stereocenters. The minimum atomic E-state index is -0.244. The lowest BCUT2D eigenvalue weighted by Crippen LogP contribution is -2.40. The van der Waals surface area contributed by atoms with Gasteiger partial charge in [0.2, 0.25) is 0 Å². The fourth-order valence-electron chi connectivity index (χ4n) is 3.06. The summed E-state index contributed by atoms with van der Waals surface area (Å²) in [6, 6.07) is 22.1. The lowest BCUT2D eigenvalue weighted by molar-refractivity contribution is 0.242. The molecule has 0 saturated carbocycles. The quantitative estimate of drug-likeness (QED) is 0.654. The average Bonchev–Trinajstić information content (AvgIpc) is 2.75. The summed E-state index contributed by atoms with van der Waals surface area (Å²) >= 11 is 0. The number of para-hydroxylation sites is 6. The first-order valence-corrected chi connectivity index (χ1v) is 8.97.